The van der Waals surface area contributed by atoms with Crippen LogP contribution in [-0.4, -0.2) is 43.5 Å². The first-order valence-electron chi connectivity index (χ1n) is 6.69. The fourth-order valence-corrected chi connectivity index (χ4v) is 2.53. The molecule has 0 aliphatic carbocycles. The quantitative estimate of drug-likeness (QED) is 0.724. The topological polar surface area (TPSA) is 58.4 Å². The van der Waals surface area contributed by atoms with Gasteiger partial charge in [-0.3, -0.25) is 4.79 Å². The van der Waals surface area contributed by atoms with Crippen molar-refractivity contribution >= 4 is 5.91 Å². The first kappa shape index (κ1) is 14.5. The largest absolute Gasteiger partial charge is 0.352 e. The van der Waals surface area contributed by atoms with E-state index in [4.69, 9.17) is 5.73 Å². The number of hydrogen-bond acceptors (Lipinski definition) is 3. The summed E-state index contributed by atoms with van der Waals surface area (Å²) in [5.74, 6) is 1.10. The van der Waals surface area contributed by atoms with Crippen LogP contribution in [0.15, 0.2) is 0 Å². The lowest BCUT2D eigenvalue weighted by atomic mass is 9.94. The van der Waals surface area contributed by atoms with E-state index in [0.29, 0.717) is 30.8 Å². The van der Waals surface area contributed by atoms with Gasteiger partial charge < -0.3 is 16.0 Å². The molecule has 0 saturated carbocycles. The maximum Gasteiger partial charge on any atom is 0.220 e. The number of carbonyl (C=O) groups is 1. The van der Waals surface area contributed by atoms with Crippen LogP contribution in [0.2, 0.25) is 0 Å². The highest BCUT2D eigenvalue weighted by Crippen LogP contribution is 2.14. The molecule has 1 rings (SSSR count). The fourth-order valence-electron chi connectivity index (χ4n) is 2.53. The van der Waals surface area contributed by atoms with Crippen molar-refractivity contribution in [1.82, 2.24) is 10.2 Å². The maximum atomic E-state index is 11.9. The van der Waals surface area contributed by atoms with Gasteiger partial charge in [0.05, 0.1) is 0 Å². The van der Waals surface area contributed by atoms with Gasteiger partial charge in [0.2, 0.25) is 5.91 Å². The molecule has 0 spiro atoms. The first-order chi connectivity index (χ1) is 8.01. The molecule has 1 amide bonds. The van der Waals surface area contributed by atoms with E-state index in [-0.39, 0.29) is 5.91 Å². The monoisotopic (exact) mass is 241 g/mol. The summed E-state index contributed by atoms with van der Waals surface area (Å²) in [6, 6.07) is 0.338. The van der Waals surface area contributed by atoms with Crippen molar-refractivity contribution < 1.29 is 4.79 Å². The third-order valence-corrected chi connectivity index (χ3v) is 3.37. The van der Waals surface area contributed by atoms with E-state index in [1.165, 1.54) is 0 Å². The average molecular weight is 241 g/mol. The molecule has 2 atom stereocenters. The Morgan fingerprint density at radius 2 is 2.24 bits per heavy atom. The highest BCUT2D eigenvalue weighted by molar-refractivity contribution is 5.76. The number of rotatable bonds is 6. The van der Waals surface area contributed by atoms with Gasteiger partial charge in [0.15, 0.2) is 0 Å². The number of nitrogens with two attached hydrogens (primary N) is 1. The van der Waals surface area contributed by atoms with Gasteiger partial charge in [0.25, 0.3) is 0 Å². The molecule has 1 fully saturated rings. The Hall–Kier alpha value is -0.610. The van der Waals surface area contributed by atoms with E-state index in [0.717, 1.165) is 25.9 Å². The first-order valence-corrected chi connectivity index (χ1v) is 6.69. The van der Waals surface area contributed by atoms with Crippen LogP contribution in [0.4, 0.5) is 0 Å². The van der Waals surface area contributed by atoms with Crippen molar-refractivity contribution in [1.29, 1.82) is 0 Å². The molecule has 4 heteroatoms. The van der Waals surface area contributed by atoms with E-state index in [9.17, 15) is 4.79 Å². The number of nitrogens with one attached hydrogen (secondary N) is 1. The second-order valence-corrected chi connectivity index (χ2v) is 5.75. The minimum atomic E-state index is 0.168. The van der Waals surface area contributed by atoms with Crippen molar-refractivity contribution in [2.75, 3.05) is 26.7 Å². The molecule has 0 aromatic heterocycles. The van der Waals surface area contributed by atoms with Crippen LogP contribution in [0.25, 0.3) is 0 Å². The zero-order chi connectivity index (χ0) is 12.8. The van der Waals surface area contributed by atoms with Gasteiger partial charge >= 0.3 is 0 Å². The molecule has 4 nitrogen and oxygen atoms in total. The molecule has 0 radical (unpaired) electrons. The average Bonchev–Trinajstić information content (AvgIpc) is 2.62. The fraction of sp³-hybridized carbons (Fsp3) is 0.923. The number of amides is 1. The summed E-state index contributed by atoms with van der Waals surface area (Å²) in [4.78, 5) is 14.1. The molecular formula is C13H27N3O. The molecule has 1 unspecified atom stereocenters. The van der Waals surface area contributed by atoms with Crippen LogP contribution in [0.1, 0.15) is 33.1 Å². The normalized spacial score (nSPS) is 23.0. The SMILES string of the molecule is CC(C)C[C@H](CN)CC(=O)NC1CCN(C)C1. The van der Waals surface area contributed by atoms with E-state index < -0.39 is 0 Å². The van der Waals surface area contributed by atoms with Gasteiger partial charge in [0, 0.05) is 19.0 Å². The molecule has 1 heterocycles. The van der Waals surface area contributed by atoms with Gasteiger partial charge in [-0.05, 0) is 44.8 Å². The zero-order valence-electron chi connectivity index (χ0n) is 11.4. The molecule has 0 aromatic rings. The third kappa shape index (κ3) is 5.50. The molecule has 0 aromatic carbocycles. The standard InChI is InChI=1S/C13H27N3O/c1-10(2)6-11(8-14)7-13(17)15-12-4-5-16(3)9-12/h10-12H,4-9,14H2,1-3H3,(H,15,17)/t11-,12?/m0/s1. The van der Waals surface area contributed by atoms with Gasteiger partial charge in [-0.2, -0.15) is 0 Å². The van der Waals surface area contributed by atoms with Crippen LogP contribution in [0.5, 0.6) is 0 Å². The Morgan fingerprint density at radius 1 is 1.53 bits per heavy atom. The highest BCUT2D eigenvalue weighted by Gasteiger charge is 2.22. The third-order valence-electron chi connectivity index (χ3n) is 3.37. The number of likely N-dealkylation sites (N-methyl/N-ethyl adjacent to an activating group) is 1. The van der Waals surface area contributed by atoms with Crippen molar-refractivity contribution in [3.05, 3.63) is 0 Å². The number of likely N-dealkylation sites (tertiary alicyclic amines) is 1. The number of carbonyl (C=O) groups excluding carboxylic acids is 1. The van der Waals surface area contributed by atoms with Crippen molar-refractivity contribution in [2.45, 2.75) is 39.2 Å². The molecule has 100 valence electrons. The lowest BCUT2D eigenvalue weighted by Gasteiger charge is -2.18. The zero-order valence-corrected chi connectivity index (χ0v) is 11.4. The second kappa shape index (κ2) is 6.97. The Labute approximate surface area is 105 Å². The summed E-state index contributed by atoms with van der Waals surface area (Å²) in [6.45, 7) is 7.01. The summed E-state index contributed by atoms with van der Waals surface area (Å²) < 4.78 is 0. The van der Waals surface area contributed by atoms with Crippen LogP contribution in [0.3, 0.4) is 0 Å². The Kier molecular flexibility index (Phi) is 5.92. The van der Waals surface area contributed by atoms with E-state index >= 15 is 0 Å². The molecule has 1 aliphatic rings. The minimum Gasteiger partial charge on any atom is -0.352 e. The summed E-state index contributed by atoms with van der Waals surface area (Å²) in [7, 11) is 2.09. The lowest BCUT2D eigenvalue weighted by Crippen LogP contribution is -2.38. The molecule has 0 bridgehead atoms. The molecule has 1 aliphatic heterocycles. The van der Waals surface area contributed by atoms with Gasteiger partial charge in [0.1, 0.15) is 0 Å². The molecule has 1 saturated heterocycles. The minimum absolute atomic E-state index is 0.168. The highest BCUT2D eigenvalue weighted by atomic mass is 16.1. The number of nitrogens with zero attached hydrogens (tertiary/aromatic N) is 1. The van der Waals surface area contributed by atoms with E-state index in [1.807, 2.05) is 0 Å². The van der Waals surface area contributed by atoms with E-state index in [2.05, 4.69) is 31.1 Å². The second-order valence-electron chi connectivity index (χ2n) is 5.75. The van der Waals surface area contributed by atoms with Crippen molar-refractivity contribution in [2.24, 2.45) is 17.6 Å². The Morgan fingerprint density at radius 3 is 2.71 bits per heavy atom. The van der Waals surface area contributed by atoms with Gasteiger partial charge in [-0.25, -0.2) is 0 Å². The van der Waals surface area contributed by atoms with Crippen LogP contribution in [-0.2, 0) is 4.79 Å². The number of hydrogen-bond donors (Lipinski definition) is 2. The summed E-state index contributed by atoms with van der Waals surface area (Å²) >= 11 is 0. The molecular weight excluding hydrogens is 214 g/mol. The van der Waals surface area contributed by atoms with Crippen molar-refractivity contribution in [3.63, 3.8) is 0 Å². The van der Waals surface area contributed by atoms with Gasteiger partial charge in [-0.15, -0.1) is 0 Å². The Bertz CT molecular complexity index is 243. The summed E-state index contributed by atoms with van der Waals surface area (Å²) in [6.07, 6.45) is 2.68. The summed E-state index contributed by atoms with van der Waals surface area (Å²) in [5.41, 5.74) is 5.71. The predicted octanol–water partition coefficient (Wildman–Crippen LogP) is 0.818. The van der Waals surface area contributed by atoms with Crippen molar-refractivity contribution in [3.8, 4) is 0 Å². The van der Waals surface area contributed by atoms with Crippen LogP contribution < -0.4 is 11.1 Å². The van der Waals surface area contributed by atoms with Gasteiger partial charge in [-0.1, -0.05) is 13.8 Å². The lowest BCUT2D eigenvalue weighted by molar-refractivity contribution is -0.122. The maximum absolute atomic E-state index is 11.9. The molecule has 3 N–H and O–H groups in total. The predicted molar refractivity (Wildman–Crippen MR) is 70.7 cm³/mol. The Balaban J connectivity index is 2.27. The summed E-state index contributed by atoms with van der Waals surface area (Å²) in [5, 5.41) is 3.11. The van der Waals surface area contributed by atoms with Crippen LogP contribution >= 0.6 is 0 Å². The van der Waals surface area contributed by atoms with E-state index in [1.54, 1.807) is 0 Å². The molecule has 17 heavy (non-hydrogen) atoms. The smallest absolute Gasteiger partial charge is 0.220 e. The van der Waals surface area contributed by atoms with Crippen LogP contribution in [0, 0.1) is 11.8 Å².